The molecule has 1 rings (SSSR count). The van der Waals surface area contributed by atoms with E-state index in [4.69, 9.17) is 13.8 Å². The zero-order valence-corrected chi connectivity index (χ0v) is 14.8. The molecule has 0 aliphatic carbocycles. The Hall–Kier alpha value is -1.69. The van der Waals surface area contributed by atoms with E-state index >= 15 is 0 Å². The Balaban J connectivity index is 2.43. The number of hydrogen-bond acceptors (Lipinski definition) is 5. The minimum absolute atomic E-state index is 0.0869. The van der Waals surface area contributed by atoms with Gasteiger partial charge in [0, 0.05) is 6.16 Å². The van der Waals surface area contributed by atoms with Crippen molar-refractivity contribution in [1.82, 2.24) is 5.32 Å². The van der Waals surface area contributed by atoms with Crippen LogP contribution in [0.4, 0.5) is 4.79 Å². The molecule has 2 N–H and O–H groups in total. The molecule has 0 radical (unpaired) electrons. The first-order valence-corrected chi connectivity index (χ1v) is 9.16. The van der Waals surface area contributed by atoms with Gasteiger partial charge < -0.3 is 24.2 Å². The number of benzene rings is 1. The summed E-state index contributed by atoms with van der Waals surface area (Å²) in [6.07, 6.45) is -0.127. The lowest BCUT2D eigenvalue weighted by Gasteiger charge is -2.19. The Morgan fingerprint density at radius 3 is 2.33 bits per heavy atom. The second kappa shape index (κ2) is 11.8. The molecule has 7 nitrogen and oxygen atoms in total. The van der Waals surface area contributed by atoms with Crippen molar-refractivity contribution in [2.45, 2.75) is 32.9 Å². The highest BCUT2D eigenvalue weighted by Crippen LogP contribution is 2.38. The third-order valence-electron chi connectivity index (χ3n) is 2.95. The molecule has 8 heteroatoms. The quantitative estimate of drug-likeness (QED) is 0.591. The summed E-state index contributed by atoms with van der Waals surface area (Å²) in [4.78, 5) is 23.1. The van der Waals surface area contributed by atoms with Gasteiger partial charge in [-0.2, -0.15) is 0 Å². The van der Waals surface area contributed by atoms with E-state index in [0.29, 0.717) is 19.4 Å². The van der Waals surface area contributed by atoms with Crippen LogP contribution in [0.15, 0.2) is 30.3 Å². The Morgan fingerprint density at radius 2 is 1.79 bits per heavy atom. The molecule has 0 aromatic heterocycles. The monoisotopic (exact) mass is 357 g/mol. The van der Waals surface area contributed by atoms with Gasteiger partial charge in [-0.05, 0) is 25.8 Å². The molecule has 134 valence electrons. The first kappa shape index (κ1) is 20.4. The standard InChI is InChI=1S/C16H24NO6P/c1-3-22-24(23-4-2)11-10-14(15(18)19)17-16(20)21-12-13-8-6-5-7-9-13/h5-9,14H,3-4,10-12H2,1-2H3,(H,17,20)(H,18,19)/t14-/m0/s1. The van der Waals surface area contributed by atoms with Crippen LogP contribution in [0.25, 0.3) is 0 Å². The van der Waals surface area contributed by atoms with Gasteiger partial charge in [-0.3, -0.25) is 0 Å². The average molecular weight is 357 g/mol. The minimum Gasteiger partial charge on any atom is -0.480 e. The van der Waals surface area contributed by atoms with Gasteiger partial charge in [0.05, 0.1) is 13.2 Å². The van der Waals surface area contributed by atoms with E-state index < -0.39 is 26.5 Å². The Bertz CT molecular complexity index is 493. The van der Waals surface area contributed by atoms with Crippen LogP contribution in [0.5, 0.6) is 0 Å². The number of carboxylic acids is 1. The highest BCUT2D eigenvalue weighted by atomic mass is 31.2. The highest BCUT2D eigenvalue weighted by Gasteiger charge is 2.23. The summed E-state index contributed by atoms with van der Waals surface area (Å²) in [5.74, 6) is -1.12. The normalized spacial score (nSPS) is 12.0. The van der Waals surface area contributed by atoms with Crippen molar-refractivity contribution in [2.75, 3.05) is 19.4 Å². The molecular formula is C16H24NO6P. The molecule has 0 bridgehead atoms. The average Bonchev–Trinajstić information content (AvgIpc) is 2.57. The third kappa shape index (κ3) is 8.24. The molecule has 24 heavy (non-hydrogen) atoms. The van der Waals surface area contributed by atoms with Gasteiger partial charge in [-0.25, -0.2) is 9.59 Å². The number of aliphatic carboxylic acids is 1. The van der Waals surface area contributed by atoms with E-state index in [9.17, 15) is 14.7 Å². The largest absolute Gasteiger partial charge is 0.480 e. The Labute approximate surface area is 143 Å². The molecule has 1 atom stereocenters. The van der Waals surface area contributed by atoms with E-state index in [-0.39, 0.29) is 13.0 Å². The predicted octanol–water partition coefficient (Wildman–Crippen LogP) is 3.14. The topological polar surface area (TPSA) is 94.1 Å². The fraction of sp³-hybridized carbons (Fsp3) is 0.500. The smallest absolute Gasteiger partial charge is 0.408 e. The van der Waals surface area contributed by atoms with Gasteiger partial charge in [0.15, 0.2) is 8.38 Å². The SMILES string of the molecule is CCOP(CC[C@H](NC(=O)OCc1ccccc1)C(=O)O)OCC. The summed E-state index contributed by atoms with van der Waals surface area (Å²) in [5.41, 5.74) is 0.829. The molecule has 0 heterocycles. The predicted molar refractivity (Wildman–Crippen MR) is 90.8 cm³/mol. The van der Waals surface area contributed by atoms with Crippen LogP contribution >= 0.6 is 8.38 Å². The van der Waals surface area contributed by atoms with Crippen LogP contribution in [0.2, 0.25) is 0 Å². The van der Waals surface area contributed by atoms with E-state index in [2.05, 4.69) is 5.32 Å². The van der Waals surface area contributed by atoms with E-state index in [1.807, 2.05) is 44.2 Å². The van der Waals surface area contributed by atoms with Crippen molar-refractivity contribution in [3.8, 4) is 0 Å². The van der Waals surface area contributed by atoms with Crippen molar-refractivity contribution in [2.24, 2.45) is 0 Å². The minimum atomic E-state index is -1.14. The van der Waals surface area contributed by atoms with Crippen molar-refractivity contribution < 1.29 is 28.5 Å². The van der Waals surface area contributed by atoms with Crippen LogP contribution in [0, 0.1) is 0 Å². The number of alkyl carbamates (subject to hydrolysis) is 1. The second-order valence-electron chi connectivity index (χ2n) is 4.78. The number of carbonyl (C=O) groups is 2. The number of carboxylic acid groups (broad SMARTS) is 1. The fourth-order valence-electron chi connectivity index (χ4n) is 1.85. The van der Waals surface area contributed by atoms with Crippen molar-refractivity contribution in [3.05, 3.63) is 35.9 Å². The highest BCUT2D eigenvalue weighted by molar-refractivity contribution is 7.47. The van der Waals surface area contributed by atoms with Gasteiger partial charge in [0.1, 0.15) is 12.6 Å². The molecule has 0 fully saturated rings. The maximum atomic E-state index is 11.8. The van der Waals surface area contributed by atoms with Crippen LogP contribution < -0.4 is 5.32 Å². The lowest BCUT2D eigenvalue weighted by atomic mass is 10.2. The number of hydrogen-bond donors (Lipinski definition) is 2. The van der Waals surface area contributed by atoms with Gasteiger partial charge in [0.2, 0.25) is 0 Å². The summed E-state index contributed by atoms with van der Waals surface area (Å²) >= 11 is 0. The van der Waals surface area contributed by atoms with Crippen molar-refractivity contribution in [1.29, 1.82) is 0 Å². The van der Waals surface area contributed by atoms with Gasteiger partial charge in [0.25, 0.3) is 0 Å². The van der Waals surface area contributed by atoms with Gasteiger partial charge >= 0.3 is 12.1 Å². The molecular weight excluding hydrogens is 333 g/mol. The summed E-state index contributed by atoms with van der Waals surface area (Å²) < 4.78 is 15.9. The number of ether oxygens (including phenoxy) is 1. The van der Waals surface area contributed by atoms with E-state index in [1.54, 1.807) is 0 Å². The molecule has 0 saturated heterocycles. The van der Waals surface area contributed by atoms with Crippen LogP contribution in [-0.4, -0.2) is 42.6 Å². The molecule has 0 spiro atoms. The lowest BCUT2D eigenvalue weighted by Crippen LogP contribution is -2.41. The summed E-state index contributed by atoms with van der Waals surface area (Å²) in [7, 11) is -1.14. The number of carbonyl (C=O) groups excluding carboxylic acids is 1. The van der Waals surface area contributed by atoms with E-state index in [1.165, 1.54) is 0 Å². The Morgan fingerprint density at radius 1 is 1.17 bits per heavy atom. The Kier molecular flexibility index (Phi) is 10.00. The van der Waals surface area contributed by atoms with Crippen LogP contribution in [0.1, 0.15) is 25.8 Å². The number of amides is 1. The molecule has 1 aromatic carbocycles. The second-order valence-corrected chi connectivity index (χ2v) is 6.41. The maximum Gasteiger partial charge on any atom is 0.408 e. The van der Waals surface area contributed by atoms with Crippen LogP contribution in [0.3, 0.4) is 0 Å². The first-order chi connectivity index (χ1) is 11.6. The summed E-state index contributed by atoms with van der Waals surface area (Å²) in [6, 6.07) is 8.12. The van der Waals surface area contributed by atoms with Gasteiger partial charge in [-0.15, -0.1) is 0 Å². The van der Waals surface area contributed by atoms with Gasteiger partial charge in [-0.1, -0.05) is 30.3 Å². The first-order valence-electron chi connectivity index (χ1n) is 7.80. The van der Waals surface area contributed by atoms with E-state index in [0.717, 1.165) is 5.56 Å². The molecule has 0 unspecified atom stereocenters. The van der Waals surface area contributed by atoms with Crippen molar-refractivity contribution in [3.63, 3.8) is 0 Å². The summed E-state index contributed by atoms with van der Waals surface area (Å²) in [6.45, 7) is 4.78. The zero-order valence-electron chi connectivity index (χ0n) is 13.9. The maximum absolute atomic E-state index is 11.8. The molecule has 1 aromatic rings. The number of rotatable bonds is 11. The zero-order chi connectivity index (χ0) is 17.8. The molecule has 0 saturated carbocycles. The molecule has 0 aliphatic rings. The van der Waals surface area contributed by atoms with Crippen molar-refractivity contribution >= 4 is 20.4 Å². The van der Waals surface area contributed by atoms with Crippen LogP contribution in [-0.2, 0) is 25.2 Å². The number of nitrogens with one attached hydrogen (secondary N) is 1. The summed E-state index contributed by atoms with van der Waals surface area (Å²) in [5, 5.41) is 11.6. The molecule has 0 aliphatic heterocycles. The molecule has 1 amide bonds. The third-order valence-corrected chi connectivity index (χ3v) is 4.67. The fourth-order valence-corrected chi connectivity index (χ4v) is 3.23. The lowest BCUT2D eigenvalue weighted by molar-refractivity contribution is -0.139.